The van der Waals surface area contributed by atoms with Crippen molar-refractivity contribution in [2.45, 2.75) is 26.0 Å². The standard InChI is InChI=1S/C18H21BrN2O2/c19-17-16(23-13-15-4-2-1-3-5-15)8-11-21(18(17)22)12-14-6-9-20-10-7-14/h1-5,8,11,14,20H,6-7,9-10,12-13H2. The molecule has 1 aromatic heterocycles. The van der Waals surface area contributed by atoms with Crippen molar-refractivity contribution in [3.8, 4) is 5.75 Å². The van der Waals surface area contributed by atoms with Gasteiger partial charge in [-0.05, 0) is 59.4 Å². The van der Waals surface area contributed by atoms with Crippen LogP contribution >= 0.6 is 15.9 Å². The number of nitrogens with one attached hydrogen (secondary N) is 1. The van der Waals surface area contributed by atoms with Crippen LogP contribution in [-0.4, -0.2) is 17.7 Å². The van der Waals surface area contributed by atoms with Crippen LogP contribution in [0, 0.1) is 5.92 Å². The Morgan fingerprint density at radius 1 is 1.17 bits per heavy atom. The maximum atomic E-state index is 12.5. The first-order valence-electron chi connectivity index (χ1n) is 8.00. The number of hydrogen-bond donors (Lipinski definition) is 1. The van der Waals surface area contributed by atoms with Crippen molar-refractivity contribution in [1.82, 2.24) is 9.88 Å². The predicted octanol–water partition coefficient (Wildman–Crippen LogP) is 3.19. The summed E-state index contributed by atoms with van der Waals surface area (Å²) < 4.78 is 8.07. The molecule has 3 rings (SSSR count). The topological polar surface area (TPSA) is 43.3 Å². The van der Waals surface area contributed by atoms with Gasteiger partial charge in [-0.2, -0.15) is 0 Å². The van der Waals surface area contributed by atoms with Crippen LogP contribution in [-0.2, 0) is 13.2 Å². The molecule has 1 aliphatic heterocycles. The van der Waals surface area contributed by atoms with Crippen molar-refractivity contribution in [1.29, 1.82) is 0 Å². The number of rotatable bonds is 5. The zero-order valence-corrected chi connectivity index (χ0v) is 14.6. The van der Waals surface area contributed by atoms with E-state index in [9.17, 15) is 4.79 Å². The van der Waals surface area contributed by atoms with E-state index >= 15 is 0 Å². The highest BCUT2D eigenvalue weighted by Crippen LogP contribution is 2.22. The smallest absolute Gasteiger partial charge is 0.268 e. The fraction of sp³-hybridized carbons (Fsp3) is 0.389. The van der Waals surface area contributed by atoms with Gasteiger partial charge in [0, 0.05) is 12.7 Å². The highest BCUT2D eigenvalue weighted by molar-refractivity contribution is 9.10. The lowest BCUT2D eigenvalue weighted by molar-refractivity contribution is 0.299. The fourth-order valence-corrected chi connectivity index (χ4v) is 3.34. The van der Waals surface area contributed by atoms with Gasteiger partial charge < -0.3 is 14.6 Å². The van der Waals surface area contributed by atoms with E-state index in [1.165, 1.54) is 0 Å². The van der Waals surface area contributed by atoms with Gasteiger partial charge in [-0.25, -0.2) is 0 Å². The van der Waals surface area contributed by atoms with Crippen LogP contribution in [0.1, 0.15) is 18.4 Å². The second-order valence-electron chi connectivity index (χ2n) is 5.92. The summed E-state index contributed by atoms with van der Waals surface area (Å²) in [5.74, 6) is 1.16. The maximum absolute atomic E-state index is 12.5. The van der Waals surface area contributed by atoms with Gasteiger partial charge >= 0.3 is 0 Å². The molecule has 1 fully saturated rings. The summed E-state index contributed by atoms with van der Waals surface area (Å²) in [6, 6.07) is 11.8. The minimum absolute atomic E-state index is 0.0194. The van der Waals surface area contributed by atoms with E-state index in [-0.39, 0.29) is 5.56 Å². The normalized spacial score (nSPS) is 15.5. The first kappa shape index (κ1) is 16.3. The quantitative estimate of drug-likeness (QED) is 0.871. The Morgan fingerprint density at radius 2 is 1.91 bits per heavy atom. The third kappa shape index (κ3) is 4.24. The Hall–Kier alpha value is -1.59. The lowest BCUT2D eigenvalue weighted by Gasteiger charge is -2.23. The summed E-state index contributed by atoms with van der Waals surface area (Å²) in [5, 5.41) is 3.35. The molecule has 1 saturated heterocycles. The van der Waals surface area contributed by atoms with Crippen molar-refractivity contribution in [2.24, 2.45) is 5.92 Å². The molecule has 0 atom stereocenters. The maximum Gasteiger partial charge on any atom is 0.268 e. The first-order valence-corrected chi connectivity index (χ1v) is 8.80. The summed E-state index contributed by atoms with van der Waals surface area (Å²) in [4.78, 5) is 12.5. The van der Waals surface area contributed by atoms with Gasteiger partial charge in [0.15, 0.2) is 0 Å². The van der Waals surface area contributed by atoms with Gasteiger partial charge in [0.1, 0.15) is 16.8 Å². The number of halogens is 1. The predicted molar refractivity (Wildman–Crippen MR) is 94.8 cm³/mol. The average Bonchev–Trinajstić information content (AvgIpc) is 2.60. The second kappa shape index (κ2) is 7.79. The number of aromatic nitrogens is 1. The highest BCUT2D eigenvalue weighted by atomic mass is 79.9. The summed E-state index contributed by atoms with van der Waals surface area (Å²) in [6.07, 6.45) is 4.09. The van der Waals surface area contributed by atoms with E-state index in [0.29, 0.717) is 22.7 Å². The number of hydrogen-bond acceptors (Lipinski definition) is 3. The van der Waals surface area contributed by atoms with Gasteiger partial charge in [0.05, 0.1) is 0 Å². The zero-order chi connectivity index (χ0) is 16.1. The molecular weight excluding hydrogens is 356 g/mol. The number of pyridine rings is 1. The average molecular weight is 377 g/mol. The molecule has 0 bridgehead atoms. The van der Waals surface area contributed by atoms with Crippen LogP contribution in [0.4, 0.5) is 0 Å². The van der Waals surface area contributed by atoms with Crippen molar-refractivity contribution >= 4 is 15.9 Å². The van der Waals surface area contributed by atoms with Crippen LogP contribution in [0.25, 0.3) is 0 Å². The van der Waals surface area contributed by atoms with Crippen LogP contribution in [0.15, 0.2) is 51.9 Å². The Balaban J connectivity index is 1.68. The molecule has 1 N–H and O–H groups in total. The van der Waals surface area contributed by atoms with Crippen LogP contribution in [0.5, 0.6) is 5.75 Å². The lowest BCUT2D eigenvalue weighted by atomic mass is 9.98. The van der Waals surface area contributed by atoms with Gasteiger partial charge in [-0.3, -0.25) is 4.79 Å². The molecular formula is C18H21BrN2O2. The Morgan fingerprint density at radius 3 is 2.65 bits per heavy atom. The summed E-state index contributed by atoms with van der Waals surface area (Å²) >= 11 is 3.40. The molecule has 0 aliphatic carbocycles. The SMILES string of the molecule is O=c1c(Br)c(OCc2ccccc2)ccn1CC1CCNCC1. The number of ether oxygens (including phenoxy) is 1. The summed E-state index contributed by atoms with van der Waals surface area (Å²) in [6.45, 7) is 3.31. The van der Waals surface area contributed by atoms with Gasteiger partial charge in [0.2, 0.25) is 0 Å². The van der Waals surface area contributed by atoms with Crippen molar-refractivity contribution in [2.75, 3.05) is 13.1 Å². The molecule has 4 nitrogen and oxygen atoms in total. The molecule has 1 aromatic carbocycles. The monoisotopic (exact) mass is 376 g/mol. The molecule has 2 aromatic rings. The van der Waals surface area contributed by atoms with E-state index in [2.05, 4.69) is 21.2 Å². The summed E-state index contributed by atoms with van der Waals surface area (Å²) in [5.41, 5.74) is 1.06. The minimum Gasteiger partial charge on any atom is -0.487 e. The molecule has 0 saturated carbocycles. The van der Waals surface area contributed by atoms with Gasteiger partial charge in [-0.1, -0.05) is 30.3 Å². The van der Waals surface area contributed by atoms with Gasteiger partial charge in [-0.15, -0.1) is 0 Å². The highest BCUT2D eigenvalue weighted by Gasteiger charge is 2.16. The van der Waals surface area contributed by atoms with Crippen molar-refractivity contribution in [3.63, 3.8) is 0 Å². The van der Waals surface area contributed by atoms with Crippen LogP contribution in [0.2, 0.25) is 0 Å². The third-order valence-electron chi connectivity index (χ3n) is 4.22. The summed E-state index contributed by atoms with van der Waals surface area (Å²) in [7, 11) is 0. The fourth-order valence-electron chi connectivity index (χ4n) is 2.86. The third-order valence-corrected chi connectivity index (χ3v) is 4.95. The molecule has 0 amide bonds. The van der Waals surface area contributed by atoms with Crippen LogP contribution in [0.3, 0.4) is 0 Å². The molecule has 122 valence electrons. The second-order valence-corrected chi connectivity index (χ2v) is 6.71. The molecule has 0 unspecified atom stereocenters. The first-order chi connectivity index (χ1) is 11.2. The molecule has 23 heavy (non-hydrogen) atoms. The van der Waals surface area contributed by atoms with E-state index in [1.807, 2.05) is 42.6 Å². The Kier molecular flexibility index (Phi) is 5.51. The number of piperidine rings is 1. The molecule has 0 radical (unpaired) electrons. The largest absolute Gasteiger partial charge is 0.487 e. The molecule has 1 aliphatic rings. The Labute approximate surface area is 144 Å². The van der Waals surface area contributed by atoms with E-state index in [1.54, 1.807) is 4.57 Å². The molecule has 5 heteroatoms. The van der Waals surface area contributed by atoms with E-state index in [4.69, 9.17) is 4.74 Å². The Bertz CT molecular complexity index is 694. The molecule has 0 spiro atoms. The van der Waals surface area contributed by atoms with Crippen molar-refractivity contribution < 1.29 is 4.74 Å². The van der Waals surface area contributed by atoms with Crippen molar-refractivity contribution in [3.05, 3.63) is 63.0 Å². The van der Waals surface area contributed by atoms with Crippen LogP contribution < -0.4 is 15.6 Å². The minimum atomic E-state index is -0.0194. The zero-order valence-electron chi connectivity index (χ0n) is 13.0. The number of benzene rings is 1. The van der Waals surface area contributed by atoms with E-state index in [0.717, 1.165) is 38.0 Å². The molecule has 2 heterocycles. The van der Waals surface area contributed by atoms with E-state index < -0.39 is 0 Å². The number of nitrogens with zero attached hydrogens (tertiary/aromatic N) is 1. The van der Waals surface area contributed by atoms with Gasteiger partial charge in [0.25, 0.3) is 5.56 Å². The lowest BCUT2D eigenvalue weighted by Crippen LogP contribution is -2.32.